The van der Waals surface area contributed by atoms with E-state index in [2.05, 4.69) is 46.1 Å². The van der Waals surface area contributed by atoms with Crippen LogP contribution in [0.4, 0.5) is 0 Å². The normalized spacial score (nSPS) is 22.3. The van der Waals surface area contributed by atoms with E-state index in [1.54, 1.807) is 12.1 Å². The number of rotatable bonds is 7. The maximum Gasteiger partial charge on any atom is 0.228 e. The number of amides is 1. The van der Waals surface area contributed by atoms with E-state index in [1.165, 1.54) is 0 Å². The molecule has 4 nitrogen and oxygen atoms in total. The molecule has 0 radical (unpaired) electrons. The molecule has 1 unspecified atom stereocenters. The van der Waals surface area contributed by atoms with Crippen LogP contribution in [0.1, 0.15) is 45.0 Å². The van der Waals surface area contributed by atoms with Gasteiger partial charge in [0.05, 0.1) is 12.0 Å². The lowest BCUT2D eigenvalue weighted by molar-refractivity contribution is -0.138. The molecule has 1 heterocycles. The summed E-state index contributed by atoms with van der Waals surface area (Å²) in [5.41, 5.74) is 0.628. The fraction of sp³-hybridized carbons (Fsp3) is 0.600. The zero-order valence-corrected chi connectivity index (χ0v) is 17.4. The van der Waals surface area contributed by atoms with Crippen molar-refractivity contribution in [2.24, 2.45) is 11.8 Å². The van der Waals surface area contributed by atoms with Crippen LogP contribution in [-0.2, 0) is 9.22 Å². The lowest BCUT2D eigenvalue weighted by atomic mass is 9.81. The van der Waals surface area contributed by atoms with E-state index < -0.39 is 20.3 Å². The van der Waals surface area contributed by atoms with Crippen LogP contribution in [0.25, 0.3) is 0 Å². The first-order valence-corrected chi connectivity index (χ1v) is 12.0. The minimum absolute atomic E-state index is 0.0387. The quantitative estimate of drug-likeness (QED) is 0.453. The molecule has 0 saturated carbocycles. The Morgan fingerprint density at radius 1 is 1.16 bits per heavy atom. The molecule has 0 bridgehead atoms. The average Bonchev–Trinajstić information content (AvgIpc) is 2.51. The van der Waals surface area contributed by atoms with Crippen molar-refractivity contribution in [3.8, 4) is 0 Å². The standard InChI is InChI=1S/C20H31NO3Si/c1-13(2)20(4,5)25(6,7)24-14(3)16-17(21-19(16)23)18(22)15-11-9-8-10-12-15/h8-14,16-17H,1-7H3,(H,21,23)/t14?,16-,17+/m0/s1. The number of carbonyl (C=O) groups excluding carboxylic acids is 2. The van der Waals surface area contributed by atoms with Crippen LogP contribution in [0.5, 0.6) is 0 Å². The number of hydrogen-bond acceptors (Lipinski definition) is 3. The van der Waals surface area contributed by atoms with Gasteiger partial charge in [-0.2, -0.15) is 0 Å². The molecule has 0 aromatic heterocycles. The summed E-state index contributed by atoms with van der Waals surface area (Å²) >= 11 is 0. The van der Waals surface area contributed by atoms with Crippen LogP contribution >= 0.6 is 0 Å². The van der Waals surface area contributed by atoms with Crippen molar-refractivity contribution in [3.63, 3.8) is 0 Å². The van der Waals surface area contributed by atoms with Crippen LogP contribution in [0, 0.1) is 11.8 Å². The highest BCUT2D eigenvalue weighted by atomic mass is 28.4. The molecule has 1 aliphatic rings. The summed E-state index contributed by atoms with van der Waals surface area (Å²) in [5, 5.41) is 2.84. The molecule has 1 fully saturated rings. The number of nitrogens with one attached hydrogen (secondary N) is 1. The minimum Gasteiger partial charge on any atom is -0.413 e. The molecular formula is C20H31NO3Si. The number of carbonyl (C=O) groups is 2. The lowest BCUT2D eigenvalue weighted by Gasteiger charge is -2.47. The predicted octanol–water partition coefficient (Wildman–Crippen LogP) is 4.03. The van der Waals surface area contributed by atoms with Gasteiger partial charge in [0.2, 0.25) is 5.91 Å². The number of Topliss-reactive ketones (excluding diaryl/α,β-unsaturated/α-hetero) is 1. The molecule has 1 aliphatic heterocycles. The Labute approximate surface area is 152 Å². The Bertz CT molecular complexity index is 640. The van der Waals surface area contributed by atoms with Crippen molar-refractivity contribution in [1.82, 2.24) is 5.32 Å². The lowest BCUT2D eigenvalue weighted by Crippen LogP contribution is -2.66. The van der Waals surface area contributed by atoms with Gasteiger partial charge in [0.25, 0.3) is 0 Å². The van der Waals surface area contributed by atoms with E-state index in [9.17, 15) is 9.59 Å². The number of β-lactam (4-membered cyclic amide) rings is 1. The Morgan fingerprint density at radius 3 is 2.20 bits per heavy atom. The highest BCUT2D eigenvalue weighted by molar-refractivity contribution is 6.74. The van der Waals surface area contributed by atoms with Gasteiger partial charge in [-0.05, 0) is 31.0 Å². The van der Waals surface area contributed by atoms with Crippen molar-refractivity contribution in [3.05, 3.63) is 35.9 Å². The van der Waals surface area contributed by atoms with Crippen LogP contribution in [0.3, 0.4) is 0 Å². The van der Waals surface area contributed by atoms with E-state index in [-0.39, 0.29) is 22.8 Å². The van der Waals surface area contributed by atoms with Crippen LogP contribution < -0.4 is 5.32 Å². The number of hydrogen-bond donors (Lipinski definition) is 1. The van der Waals surface area contributed by atoms with Crippen LogP contribution in [0.2, 0.25) is 18.1 Å². The molecule has 1 aromatic carbocycles. The summed E-state index contributed by atoms with van der Waals surface area (Å²) in [4.78, 5) is 24.9. The van der Waals surface area contributed by atoms with E-state index in [1.807, 2.05) is 25.1 Å². The van der Waals surface area contributed by atoms with Gasteiger partial charge in [0, 0.05) is 5.56 Å². The highest BCUT2D eigenvalue weighted by Crippen LogP contribution is 2.45. The third kappa shape index (κ3) is 3.72. The molecule has 5 heteroatoms. The van der Waals surface area contributed by atoms with Crippen molar-refractivity contribution in [1.29, 1.82) is 0 Å². The Balaban J connectivity index is 2.14. The summed E-state index contributed by atoms with van der Waals surface area (Å²) < 4.78 is 6.48. The molecule has 2 rings (SSSR count). The second-order valence-electron chi connectivity index (χ2n) is 8.45. The van der Waals surface area contributed by atoms with Gasteiger partial charge in [-0.25, -0.2) is 0 Å². The maximum atomic E-state index is 12.7. The average molecular weight is 362 g/mol. The Kier molecular flexibility index (Phi) is 5.59. The summed E-state index contributed by atoms with van der Waals surface area (Å²) in [7, 11) is -2.07. The Morgan fingerprint density at radius 2 is 1.72 bits per heavy atom. The first kappa shape index (κ1) is 19.9. The molecule has 0 aliphatic carbocycles. The van der Waals surface area contributed by atoms with Crippen LogP contribution in [0.15, 0.2) is 30.3 Å². The smallest absolute Gasteiger partial charge is 0.228 e. The summed E-state index contributed by atoms with van der Waals surface area (Å²) in [5.74, 6) is -0.0575. The SMILES string of the molecule is CC(O[Si](C)(C)C(C)(C)C(C)C)[C@@H]1C(=O)N[C@H]1C(=O)c1ccccc1. The first-order valence-electron chi connectivity index (χ1n) is 9.06. The molecule has 25 heavy (non-hydrogen) atoms. The van der Waals surface area contributed by atoms with Gasteiger partial charge in [-0.15, -0.1) is 0 Å². The summed E-state index contributed by atoms with van der Waals surface area (Å²) in [6.45, 7) is 15.2. The zero-order chi connectivity index (χ0) is 19.0. The third-order valence-corrected chi connectivity index (χ3v) is 10.9. The van der Waals surface area contributed by atoms with Gasteiger partial charge in [-0.3, -0.25) is 9.59 Å². The van der Waals surface area contributed by atoms with Gasteiger partial charge >= 0.3 is 0 Å². The highest BCUT2D eigenvalue weighted by Gasteiger charge is 2.51. The van der Waals surface area contributed by atoms with Crippen LogP contribution in [-0.4, -0.2) is 32.2 Å². The molecule has 138 valence electrons. The number of benzene rings is 1. The van der Waals surface area contributed by atoms with Crippen molar-refractivity contribution in [2.45, 2.75) is 64.9 Å². The van der Waals surface area contributed by atoms with Crippen molar-refractivity contribution < 1.29 is 14.0 Å². The summed E-state index contributed by atoms with van der Waals surface area (Å²) in [6, 6.07) is 8.64. The molecule has 1 amide bonds. The third-order valence-electron chi connectivity index (χ3n) is 6.28. The van der Waals surface area contributed by atoms with E-state index in [0.29, 0.717) is 11.5 Å². The van der Waals surface area contributed by atoms with E-state index in [4.69, 9.17) is 4.43 Å². The first-order chi connectivity index (χ1) is 11.5. The molecule has 0 spiro atoms. The molecular weight excluding hydrogens is 330 g/mol. The molecule has 1 saturated heterocycles. The monoisotopic (exact) mass is 361 g/mol. The second kappa shape index (κ2) is 7.04. The largest absolute Gasteiger partial charge is 0.413 e. The van der Waals surface area contributed by atoms with Gasteiger partial charge < -0.3 is 9.74 Å². The van der Waals surface area contributed by atoms with Gasteiger partial charge in [0.15, 0.2) is 14.1 Å². The fourth-order valence-electron chi connectivity index (χ4n) is 3.27. The fourth-order valence-corrected chi connectivity index (χ4v) is 6.04. The molecule has 1 aromatic rings. The van der Waals surface area contributed by atoms with E-state index >= 15 is 0 Å². The maximum absolute atomic E-state index is 12.7. The molecule has 1 N–H and O–H groups in total. The summed E-state index contributed by atoms with van der Waals surface area (Å²) in [6.07, 6.45) is -0.272. The zero-order valence-electron chi connectivity index (χ0n) is 16.4. The molecule has 3 atom stereocenters. The van der Waals surface area contributed by atoms with Gasteiger partial charge in [0.1, 0.15) is 6.04 Å². The predicted molar refractivity (Wildman–Crippen MR) is 103 cm³/mol. The topological polar surface area (TPSA) is 55.4 Å². The minimum atomic E-state index is -2.07. The van der Waals surface area contributed by atoms with Crippen molar-refractivity contribution >= 4 is 20.0 Å². The second-order valence-corrected chi connectivity index (χ2v) is 13.0. The Hall–Kier alpha value is -1.46. The number of ketones is 1. The van der Waals surface area contributed by atoms with Crippen molar-refractivity contribution in [2.75, 3.05) is 0 Å². The van der Waals surface area contributed by atoms with Gasteiger partial charge in [-0.1, -0.05) is 58.0 Å². The van der Waals surface area contributed by atoms with E-state index in [0.717, 1.165) is 0 Å².